The number of pyridine rings is 2. The van der Waals surface area contributed by atoms with Crippen molar-refractivity contribution in [2.75, 3.05) is 0 Å². The second-order valence-electron chi connectivity index (χ2n) is 7.17. The summed E-state index contributed by atoms with van der Waals surface area (Å²) < 4.78 is 1.67. The standard InChI is InChI=1S/C21H16N8OS/c1-29-8-13(17(9-30)28-29)14-2-3-15-19(23-14)20(27-26-15)21-24-16-7-22-6-12(18(16)25-21)11-4-5-31-10-11/h2-8,10,30H,9H2,1H3,(H,24,25)(H,26,27). The maximum Gasteiger partial charge on any atom is 0.161 e. The molecule has 6 aromatic rings. The van der Waals surface area contributed by atoms with Crippen LogP contribution in [0.1, 0.15) is 5.69 Å². The van der Waals surface area contributed by atoms with E-state index in [1.807, 2.05) is 37.0 Å². The summed E-state index contributed by atoms with van der Waals surface area (Å²) in [6.07, 6.45) is 5.44. The van der Waals surface area contributed by atoms with Crippen LogP contribution in [-0.4, -0.2) is 45.0 Å². The van der Waals surface area contributed by atoms with Gasteiger partial charge in [0.05, 0.1) is 35.2 Å². The number of aliphatic hydroxyl groups excluding tert-OH is 1. The predicted octanol–water partition coefficient (Wildman–Crippen LogP) is 3.52. The van der Waals surface area contributed by atoms with E-state index in [0.717, 1.165) is 33.2 Å². The fourth-order valence-corrected chi connectivity index (χ4v) is 4.41. The van der Waals surface area contributed by atoms with Crippen LogP contribution in [0.3, 0.4) is 0 Å². The van der Waals surface area contributed by atoms with Crippen LogP contribution in [0.4, 0.5) is 0 Å². The van der Waals surface area contributed by atoms with Gasteiger partial charge < -0.3 is 10.1 Å². The summed E-state index contributed by atoms with van der Waals surface area (Å²) >= 11 is 1.64. The molecule has 0 bridgehead atoms. The molecule has 31 heavy (non-hydrogen) atoms. The highest BCUT2D eigenvalue weighted by Gasteiger charge is 2.18. The van der Waals surface area contributed by atoms with Crippen molar-refractivity contribution >= 4 is 33.4 Å². The van der Waals surface area contributed by atoms with Crippen molar-refractivity contribution in [1.29, 1.82) is 0 Å². The number of thiophene rings is 1. The fourth-order valence-electron chi connectivity index (χ4n) is 3.75. The number of rotatable bonds is 4. The molecule has 0 atom stereocenters. The minimum atomic E-state index is -0.157. The monoisotopic (exact) mass is 428 g/mol. The van der Waals surface area contributed by atoms with Gasteiger partial charge in [0.15, 0.2) is 11.5 Å². The van der Waals surface area contributed by atoms with E-state index in [0.29, 0.717) is 28.4 Å². The zero-order valence-corrected chi connectivity index (χ0v) is 17.2. The normalized spacial score (nSPS) is 11.7. The summed E-state index contributed by atoms with van der Waals surface area (Å²) in [4.78, 5) is 17.3. The van der Waals surface area contributed by atoms with E-state index >= 15 is 0 Å². The van der Waals surface area contributed by atoms with Crippen LogP contribution in [0, 0.1) is 0 Å². The third-order valence-corrected chi connectivity index (χ3v) is 5.87. The van der Waals surface area contributed by atoms with E-state index in [1.165, 1.54) is 0 Å². The molecule has 0 aliphatic heterocycles. The van der Waals surface area contributed by atoms with Crippen molar-refractivity contribution in [2.45, 2.75) is 6.61 Å². The Labute approximate surface area is 179 Å². The number of aromatic nitrogens is 8. The van der Waals surface area contributed by atoms with Crippen molar-refractivity contribution in [3.8, 4) is 33.9 Å². The van der Waals surface area contributed by atoms with Gasteiger partial charge in [-0.3, -0.25) is 14.8 Å². The molecule has 3 N–H and O–H groups in total. The quantitative estimate of drug-likeness (QED) is 0.395. The third-order valence-electron chi connectivity index (χ3n) is 5.19. The molecule has 0 unspecified atom stereocenters. The molecule has 0 saturated heterocycles. The molecule has 0 radical (unpaired) electrons. The summed E-state index contributed by atoms with van der Waals surface area (Å²) in [6, 6.07) is 5.86. The number of hydrogen-bond acceptors (Lipinski definition) is 7. The maximum absolute atomic E-state index is 9.64. The van der Waals surface area contributed by atoms with Crippen LogP contribution >= 0.6 is 11.3 Å². The van der Waals surface area contributed by atoms with Crippen molar-refractivity contribution in [3.63, 3.8) is 0 Å². The number of aromatic amines is 2. The second kappa shape index (κ2) is 6.83. The molecule has 0 aliphatic rings. The van der Waals surface area contributed by atoms with Crippen molar-refractivity contribution in [1.82, 2.24) is 39.9 Å². The Morgan fingerprint density at radius 3 is 2.84 bits per heavy atom. The first-order chi connectivity index (χ1) is 15.2. The lowest BCUT2D eigenvalue weighted by Gasteiger charge is -2.00. The Morgan fingerprint density at radius 2 is 2.00 bits per heavy atom. The molecule has 0 spiro atoms. The molecule has 0 aliphatic carbocycles. The van der Waals surface area contributed by atoms with Crippen LogP contribution in [0.5, 0.6) is 0 Å². The first kappa shape index (κ1) is 17.9. The Morgan fingerprint density at radius 1 is 1.06 bits per heavy atom. The first-order valence-corrected chi connectivity index (χ1v) is 10.5. The van der Waals surface area contributed by atoms with E-state index in [4.69, 9.17) is 9.97 Å². The van der Waals surface area contributed by atoms with E-state index < -0.39 is 0 Å². The molecule has 0 fully saturated rings. The molecule has 6 aromatic heterocycles. The Hall–Kier alpha value is -3.89. The molecule has 0 aromatic carbocycles. The summed E-state index contributed by atoms with van der Waals surface area (Å²) in [7, 11) is 1.82. The lowest BCUT2D eigenvalue weighted by molar-refractivity contribution is 0.276. The zero-order chi connectivity index (χ0) is 20.9. The van der Waals surface area contributed by atoms with E-state index in [-0.39, 0.29) is 6.61 Å². The van der Waals surface area contributed by atoms with Gasteiger partial charge in [0.2, 0.25) is 0 Å². The lowest BCUT2D eigenvalue weighted by Crippen LogP contribution is -1.91. The summed E-state index contributed by atoms with van der Waals surface area (Å²) in [5, 5.41) is 25.5. The minimum absolute atomic E-state index is 0.157. The van der Waals surface area contributed by atoms with Gasteiger partial charge in [0.1, 0.15) is 11.0 Å². The van der Waals surface area contributed by atoms with Gasteiger partial charge in [0, 0.05) is 30.6 Å². The minimum Gasteiger partial charge on any atom is -0.390 e. The predicted molar refractivity (Wildman–Crippen MR) is 118 cm³/mol. The molecule has 10 heteroatoms. The maximum atomic E-state index is 9.64. The van der Waals surface area contributed by atoms with Gasteiger partial charge in [-0.2, -0.15) is 21.5 Å². The van der Waals surface area contributed by atoms with Gasteiger partial charge in [-0.1, -0.05) is 0 Å². The van der Waals surface area contributed by atoms with Gasteiger partial charge in [0.25, 0.3) is 0 Å². The van der Waals surface area contributed by atoms with Gasteiger partial charge in [-0.25, -0.2) is 9.97 Å². The van der Waals surface area contributed by atoms with Crippen molar-refractivity contribution in [2.24, 2.45) is 7.05 Å². The van der Waals surface area contributed by atoms with E-state index in [9.17, 15) is 5.11 Å². The average Bonchev–Trinajstić information content (AvgIpc) is 3.57. The third kappa shape index (κ3) is 2.84. The number of aryl methyl sites for hydroxylation is 1. The van der Waals surface area contributed by atoms with Gasteiger partial charge >= 0.3 is 0 Å². The molecule has 0 amide bonds. The molecular formula is C21H16N8OS. The van der Waals surface area contributed by atoms with Crippen molar-refractivity contribution in [3.05, 3.63) is 53.2 Å². The Balaban J connectivity index is 1.52. The molecule has 6 heterocycles. The first-order valence-electron chi connectivity index (χ1n) is 9.57. The smallest absolute Gasteiger partial charge is 0.161 e. The van der Waals surface area contributed by atoms with Crippen LogP contribution in [0.25, 0.3) is 56.0 Å². The summed E-state index contributed by atoms with van der Waals surface area (Å²) in [5.41, 5.74) is 7.91. The summed E-state index contributed by atoms with van der Waals surface area (Å²) in [5.74, 6) is 0.615. The molecule has 0 saturated carbocycles. The average molecular weight is 428 g/mol. The molecule has 152 valence electrons. The Bertz CT molecular complexity index is 1540. The van der Waals surface area contributed by atoms with Crippen LogP contribution in [0.2, 0.25) is 0 Å². The van der Waals surface area contributed by atoms with E-state index in [2.05, 4.69) is 36.7 Å². The lowest BCUT2D eigenvalue weighted by atomic mass is 10.1. The highest BCUT2D eigenvalue weighted by Crippen LogP contribution is 2.32. The number of nitrogens with one attached hydrogen (secondary N) is 2. The largest absolute Gasteiger partial charge is 0.390 e. The highest BCUT2D eigenvalue weighted by molar-refractivity contribution is 7.08. The number of imidazole rings is 1. The highest BCUT2D eigenvalue weighted by atomic mass is 32.1. The van der Waals surface area contributed by atoms with Crippen LogP contribution in [0.15, 0.2) is 47.5 Å². The number of hydrogen-bond donors (Lipinski definition) is 3. The van der Waals surface area contributed by atoms with Crippen LogP contribution < -0.4 is 0 Å². The van der Waals surface area contributed by atoms with Crippen LogP contribution in [-0.2, 0) is 13.7 Å². The zero-order valence-electron chi connectivity index (χ0n) is 16.4. The Kier molecular flexibility index (Phi) is 3.95. The second-order valence-corrected chi connectivity index (χ2v) is 7.95. The molecule has 6 rings (SSSR count). The number of fused-ring (bicyclic) bond motifs is 2. The number of H-pyrrole nitrogens is 2. The fraction of sp³-hybridized carbons (Fsp3) is 0.0952. The number of nitrogens with zero attached hydrogens (tertiary/aromatic N) is 6. The van der Waals surface area contributed by atoms with E-state index in [1.54, 1.807) is 22.2 Å². The van der Waals surface area contributed by atoms with Gasteiger partial charge in [-0.15, -0.1) is 0 Å². The SMILES string of the molecule is Cn1cc(-c2ccc3[nH]nc(-c4nc5c(-c6ccsc6)cncc5[nH]4)c3n2)c(CO)n1. The summed E-state index contributed by atoms with van der Waals surface area (Å²) in [6.45, 7) is -0.157. The topological polar surface area (TPSA) is 121 Å². The number of aliphatic hydroxyl groups is 1. The molecule has 9 nitrogen and oxygen atoms in total. The molecular weight excluding hydrogens is 412 g/mol. The van der Waals surface area contributed by atoms with Crippen molar-refractivity contribution < 1.29 is 5.11 Å². The van der Waals surface area contributed by atoms with Gasteiger partial charge in [-0.05, 0) is 34.5 Å².